The van der Waals surface area contributed by atoms with Crippen molar-refractivity contribution in [3.63, 3.8) is 0 Å². The Morgan fingerprint density at radius 1 is 0.645 bits per heavy atom. The quantitative estimate of drug-likeness (QED) is 0.464. The van der Waals surface area contributed by atoms with Crippen LogP contribution in [0.25, 0.3) is 5.76 Å². The smallest absolute Gasteiger partial charge is 0.186 e. The largest absolute Gasteiger partial charge is 0.507 e. The predicted octanol–water partition coefficient (Wildman–Crippen LogP) is 8.08. The van der Waals surface area contributed by atoms with Gasteiger partial charge in [0.2, 0.25) is 0 Å². The first kappa shape index (κ1) is 25.2. The highest BCUT2D eigenvalue weighted by molar-refractivity contribution is 6.12. The van der Waals surface area contributed by atoms with Crippen LogP contribution in [-0.4, -0.2) is 10.9 Å². The van der Waals surface area contributed by atoms with E-state index >= 15 is 0 Å². The van der Waals surface area contributed by atoms with Gasteiger partial charge in [-0.05, 0) is 44.9 Å². The number of carbonyl (C=O) groups excluding carboxylic acids is 1. The molecule has 0 fully saturated rings. The molecule has 0 radical (unpaired) electrons. The second kappa shape index (κ2) is 7.80. The Hall–Kier alpha value is -2.09. The van der Waals surface area contributed by atoms with Crippen molar-refractivity contribution in [2.45, 2.75) is 93.9 Å². The molecule has 1 aliphatic carbocycles. The molecule has 0 spiro atoms. The minimum absolute atomic E-state index is 0.0803. The van der Waals surface area contributed by atoms with Crippen LogP contribution in [0.15, 0.2) is 47.1 Å². The Bertz CT molecular complexity index is 901. The summed E-state index contributed by atoms with van der Waals surface area (Å²) in [6.07, 6.45) is 3.80. The highest BCUT2D eigenvalue weighted by atomic mass is 16.3. The minimum Gasteiger partial charge on any atom is -0.507 e. The number of aliphatic hydroxyl groups is 1. The number of hydrogen-bond donors (Lipinski definition) is 1. The number of ketones is 1. The molecule has 1 aliphatic rings. The lowest BCUT2D eigenvalue weighted by molar-refractivity contribution is -0.114. The molecule has 0 heterocycles. The van der Waals surface area contributed by atoms with Crippen molar-refractivity contribution in [2.24, 2.45) is 10.8 Å². The van der Waals surface area contributed by atoms with E-state index in [0.29, 0.717) is 0 Å². The first-order valence-corrected chi connectivity index (χ1v) is 11.3. The molecular weight excluding hydrogens is 380 g/mol. The topological polar surface area (TPSA) is 37.3 Å². The van der Waals surface area contributed by atoms with Crippen molar-refractivity contribution in [1.82, 2.24) is 0 Å². The second-order valence-corrected chi connectivity index (χ2v) is 13.0. The third kappa shape index (κ3) is 5.22. The van der Waals surface area contributed by atoms with E-state index < -0.39 is 0 Å². The standard InChI is InChI=1S/C29H42O2/c1-26(2,3)19-14-13-15-20(27(4,5)6)23(19)24(30)18-16-21(28(7,8)9)25(31)22(17-18)29(10,11)12/h13-17,30H,1-12H3. The van der Waals surface area contributed by atoms with Gasteiger partial charge in [-0.1, -0.05) is 101 Å². The number of rotatable bonds is 1. The Morgan fingerprint density at radius 2 is 1.00 bits per heavy atom. The molecule has 0 unspecified atom stereocenters. The molecule has 0 bridgehead atoms. The van der Waals surface area contributed by atoms with Crippen LogP contribution in [0.5, 0.6) is 0 Å². The monoisotopic (exact) mass is 422 g/mol. The van der Waals surface area contributed by atoms with Gasteiger partial charge in [0.15, 0.2) is 5.78 Å². The number of hydrogen-bond acceptors (Lipinski definition) is 2. The highest BCUT2D eigenvalue weighted by Crippen LogP contribution is 2.43. The molecule has 0 atom stereocenters. The van der Waals surface area contributed by atoms with Crippen molar-refractivity contribution in [3.05, 3.63) is 63.8 Å². The molecule has 31 heavy (non-hydrogen) atoms. The number of carbonyl (C=O) groups is 1. The van der Waals surface area contributed by atoms with E-state index in [9.17, 15) is 9.90 Å². The number of Topliss-reactive ketones (excluding diaryl/α,β-unsaturated/α-hetero) is 1. The van der Waals surface area contributed by atoms with Crippen LogP contribution in [0.1, 0.15) is 99.8 Å². The zero-order valence-electron chi connectivity index (χ0n) is 21.7. The molecule has 2 heteroatoms. The van der Waals surface area contributed by atoms with E-state index in [4.69, 9.17) is 0 Å². The van der Waals surface area contributed by atoms with Crippen LogP contribution in [0, 0.1) is 10.8 Å². The lowest BCUT2D eigenvalue weighted by Gasteiger charge is -2.33. The minimum atomic E-state index is -0.316. The average molecular weight is 423 g/mol. The summed E-state index contributed by atoms with van der Waals surface area (Å²) >= 11 is 0. The number of allylic oxidation sites excluding steroid dienone is 5. The van der Waals surface area contributed by atoms with Gasteiger partial charge in [0, 0.05) is 22.3 Å². The summed E-state index contributed by atoms with van der Waals surface area (Å²) in [6.45, 7) is 25.4. The second-order valence-electron chi connectivity index (χ2n) is 13.0. The van der Waals surface area contributed by atoms with Crippen molar-refractivity contribution in [2.75, 3.05) is 0 Å². The van der Waals surface area contributed by atoms with Gasteiger partial charge < -0.3 is 5.11 Å². The zero-order chi connectivity index (χ0) is 24.2. The Balaban J connectivity index is 3.00. The third-order valence-electron chi connectivity index (χ3n) is 5.90. The first-order valence-electron chi connectivity index (χ1n) is 11.3. The van der Waals surface area contributed by atoms with E-state index in [0.717, 1.165) is 33.4 Å². The van der Waals surface area contributed by atoms with Gasteiger partial charge in [-0.15, -0.1) is 0 Å². The fourth-order valence-electron chi connectivity index (χ4n) is 4.08. The van der Waals surface area contributed by atoms with Crippen molar-refractivity contribution in [1.29, 1.82) is 0 Å². The molecule has 1 aromatic rings. The summed E-state index contributed by atoms with van der Waals surface area (Å²) in [5, 5.41) is 11.8. The van der Waals surface area contributed by atoms with Gasteiger partial charge in [-0.3, -0.25) is 4.79 Å². The van der Waals surface area contributed by atoms with Gasteiger partial charge in [-0.2, -0.15) is 0 Å². The molecule has 170 valence electrons. The molecule has 1 aromatic carbocycles. The van der Waals surface area contributed by atoms with E-state index in [2.05, 4.69) is 101 Å². The highest BCUT2D eigenvalue weighted by Gasteiger charge is 2.36. The maximum absolute atomic E-state index is 13.3. The summed E-state index contributed by atoms with van der Waals surface area (Å²) in [4.78, 5) is 13.3. The summed E-state index contributed by atoms with van der Waals surface area (Å²) < 4.78 is 0. The van der Waals surface area contributed by atoms with Crippen molar-refractivity contribution < 1.29 is 9.90 Å². The van der Waals surface area contributed by atoms with E-state index in [1.807, 2.05) is 12.2 Å². The molecule has 0 saturated carbocycles. The normalized spacial score (nSPS) is 16.3. The summed E-state index contributed by atoms with van der Waals surface area (Å²) in [7, 11) is 0. The Kier molecular flexibility index (Phi) is 6.33. The fraction of sp³-hybridized carbons (Fsp3) is 0.552. The maximum Gasteiger partial charge on any atom is 0.186 e. The summed E-state index contributed by atoms with van der Waals surface area (Å²) in [5.74, 6) is 0.336. The van der Waals surface area contributed by atoms with Crippen LogP contribution in [0.2, 0.25) is 0 Å². The molecule has 0 aliphatic heterocycles. The maximum atomic E-state index is 13.3. The molecule has 2 rings (SSSR count). The van der Waals surface area contributed by atoms with Gasteiger partial charge in [-0.25, -0.2) is 0 Å². The molecule has 2 nitrogen and oxygen atoms in total. The number of aliphatic hydroxyl groups excluding tert-OH is 1. The summed E-state index contributed by atoms with van der Waals surface area (Å²) in [6, 6.07) is 6.30. The predicted molar refractivity (Wildman–Crippen MR) is 133 cm³/mol. The van der Waals surface area contributed by atoms with Gasteiger partial charge in [0.05, 0.1) is 0 Å². The molecule has 1 N–H and O–H groups in total. The van der Waals surface area contributed by atoms with Gasteiger partial charge in [0.1, 0.15) is 5.76 Å². The lowest BCUT2D eigenvalue weighted by Crippen LogP contribution is -2.28. The molecule has 0 saturated heterocycles. The third-order valence-corrected chi connectivity index (χ3v) is 5.90. The Morgan fingerprint density at radius 3 is 1.29 bits per heavy atom. The first-order chi connectivity index (χ1) is 13.8. The Labute approximate surface area is 190 Å². The van der Waals surface area contributed by atoms with Crippen LogP contribution in [0.4, 0.5) is 0 Å². The van der Waals surface area contributed by atoms with Crippen LogP contribution in [0.3, 0.4) is 0 Å². The summed E-state index contributed by atoms with van der Waals surface area (Å²) in [5.41, 5.74) is 4.41. The molecular formula is C29H42O2. The average Bonchev–Trinajstić information content (AvgIpc) is 2.57. The van der Waals surface area contributed by atoms with E-state index in [1.165, 1.54) is 0 Å². The van der Waals surface area contributed by atoms with Gasteiger partial charge in [0.25, 0.3) is 0 Å². The molecule has 0 aromatic heterocycles. The number of benzene rings is 1. The van der Waals surface area contributed by atoms with Crippen molar-refractivity contribution in [3.8, 4) is 0 Å². The van der Waals surface area contributed by atoms with Crippen LogP contribution in [-0.2, 0) is 15.6 Å². The zero-order valence-corrected chi connectivity index (χ0v) is 21.7. The van der Waals surface area contributed by atoms with E-state index in [1.54, 1.807) is 0 Å². The lowest BCUT2D eigenvalue weighted by atomic mass is 9.71. The van der Waals surface area contributed by atoms with E-state index in [-0.39, 0.29) is 33.2 Å². The van der Waals surface area contributed by atoms with Crippen molar-refractivity contribution >= 4 is 11.5 Å². The SMILES string of the molecule is CC(C)(C)C1=CC(=C(O)c2c(C(C)(C)C)cccc2C(C)(C)C)C=C(C(C)(C)C)C1=O. The van der Waals surface area contributed by atoms with Gasteiger partial charge >= 0.3 is 0 Å². The fourth-order valence-corrected chi connectivity index (χ4v) is 4.08. The van der Waals surface area contributed by atoms with Crippen LogP contribution >= 0.6 is 0 Å². The van der Waals surface area contributed by atoms with Crippen LogP contribution < -0.4 is 0 Å². The molecule has 0 amide bonds.